The average Bonchev–Trinajstić information content (AvgIpc) is 3.51. The first-order valence-electron chi connectivity index (χ1n) is 11.5. The van der Waals surface area contributed by atoms with E-state index < -0.39 is 29.9 Å². The van der Waals surface area contributed by atoms with Crippen molar-refractivity contribution < 1.29 is 33.7 Å². The number of ether oxygens (including phenoxy) is 3. The maximum atomic E-state index is 13.4. The summed E-state index contributed by atoms with van der Waals surface area (Å²) in [6.07, 6.45) is 4.11. The van der Waals surface area contributed by atoms with E-state index in [9.17, 15) is 19.5 Å². The van der Waals surface area contributed by atoms with Gasteiger partial charge in [0.2, 0.25) is 11.8 Å². The summed E-state index contributed by atoms with van der Waals surface area (Å²) in [4.78, 5) is 47.2. The first-order chi connectivity index (χ1) is 16.0. The molecule has 3 atom stereocenters. The molecule has 1 N–H and O–H groups in total. The smallest absolute Gasteiger partial charge is 0.332 e. The van der Waals surface area contributed by atoms with E-state index in [0.29, 0.717) is 0 Å². The van der Waals surface area contributed by atoms with Crippen LogP contribution < -0.4 is 9.47 Å². The molecule has 0 spiro atoms. The third kappa shape index (κ3) is 6.24. The van der Waals surface area contributed by atoms with E-state index in [2.05, 4.69) is 9.97 Å². The van der Waals surface area contributed by atoms with Crippen LogP contribution in [0.5, 0.6) is 11.9 Å². The number of hydrogen-bond acceptors (Lipinski definition) is 8. The van der Waals surface area contributed by atoms with E-state index >= 15 is 0 Å². The number of methoxy groups -OCH3 is 1. The molecule has 1 aromatic rings. The number of nitrogens with zero attached hydrogens (tertiary/aromatic N) is 3. The van der Waals surface area contributed by atoms with E-state index in [4.69, 9.17) is 14.2 Å². The number of aliphatic carboxylic acids is 1. The van der Waals surface area contributed by atoms with Gasteiger partial charge >= 0.3 is 17.9 Å². The Labute approximate surface area is 199 Å². The molecule has 0 aliphatic heterocycles. The van der Waals surface area contributed by atoms with Gasteiger partial charge in [-0.1, -0.05) is 20.8 Å². The summed E-state index contributed by atoms with van der Waals surface area (Å²) in [7, 11) is 1.46. The van der Waals surface area contributed by atoms with Crippen LogP contribution in [0.2, 0.25) is 0 Å². The molecule has 1 aromatic heterocycles. The van der Waals surface area contributed by atoms with Crippen LogP contribution in [0.3, 0.4) is 0 Å². The van der Waals surface area contributed by atoms with Crippen molar-refractivity contribution in [2.45, 2.75) is 70.9 Å². The lowest BCUT2D eigenvalue weighted by atomic mass is 9.92. The van der Waals surface area contributed by atoms with Crippen molar-refractivity contribution in [3.8, 4) is 11.9 Å². The van der Waals surface area contributed by atoms with Crippen molar-refractivity contribution in [3.63, 3.8) is 0 Å². The van der Waals surface area contributed by atoms with Gasteiger partial charge in [-0.3, -0.25) is 9.59 Å². The molecule has 3 unspecified atom stereocenters. The minimum absolute atomic E-state index is 0.0342. The van der Waals surface area contributed by atoms with Crippen LogP contribution >= 0.6 is 0 Å². The summed E-state index contributed by atoms with van der Waals surface area (Å²) in [5.41, 5.74) is 0.445. The third-order valence-electron chi connectivity index (χ3n) is 5.93. The Bertz CT molecular complexity index is 952. The van der Waals surface area contributed by atoms with E-state index in [1.807, 2.05) is 20.8 Å². The van der Waals surface area contributed by atoms with Gasteiger partial charge in [0, 0.05) is 29.8 Å². The van der Waals surface area contributed by atoms with Gasteiger partial charge < -0.3 is 24.2 Å². The van der Waals surface area contributed by atoms with Crippen LogP contribution in [0.1, 0.15) is 59.1 Å². The predicted octanol–water partition coefficient (Wildman–Crippen LogP) is 2.71. The molecule has 1 heterocycles. The number of carboxylic acids is 1. The van der Waals surface area contributed by atoms with Crippen LogP contribution in [-0.2, 0) is 24.5 Å². The molecular weight excluding hydrogens is 442 g/mol. The molecule has 186 valence electrons. The lowest BCUT2D eigenvalue weighted by Gasteiger charge is -2.24. The molecule has 0 bridgehead atoms. The fraction of sp³-hybridized carbons (Fsp3) is 0.625. The molecule has 2 aliphatic rings. The van der Waals surface area contributed by atoms with Crippen molar-refractivity contribution in [3.05, 3.63) is 24.0 Å². The number of hydrogen-bond donors (Lipinski definition) is 1. The Morgan fingerprint density at radius 1 is 1.18 bits per heavy atom. The summed E-state index contributed by atoms with van der Waals surface area (Å²) in [5, 5.41) is 9.81. The number of carbonyl (C=O) groups excluding carboxylic acids is 2. The van der Waals surface area contributed by atoms with Crippen molar-refractivity contribution in [2.75, 3.05) is 13.7 Å². The number of carboxylic acid groups (broad SMARTS) is 1. The maximum Gasteiger partial charge on any atom is 0.332 e. The first-order valence-corrected chi connectivity index (χ1v) is 11.5. The molecule has 2 aliphatic carbocycles. The minimum Gasteiger partial charge on any atom is -0.481 e. The molecule has 10 heteroatoms. The topological polar surface area (TPSA) is 128 Å². The molecule has 3 rings (SSSR count). The number of rotatable bonds is 9. The van der Waals surface area contributed by atoms with Crippen LogP contribution in [0.15, 0.2) is 18.3 Å². The fourth-order valence-corrected chi connectivity index (χ4v) is 3.99. The Morgan fingerprint density at radius 3 is 2.41 bits per heavy atom. The Morgan fingerprint density at radius 2 is 1.85 bits per heavy atom. The number of carbonyl (C=O) groups is 3. The first kappa shape index (κ1) is 25.5. The predicted molar refractivity (Wildman–Crippen MR) is 121 cm³/mol. The Kier molecular flexibility index (Phi) is 7.78. The lowest BCUT2D eigenvalue weighted by Crippen LogP contribution is -2.37. The standard InChI is InChI=1S/C24H33N3O7/c1-6-33-20(28)9-10-27(14-7-8-14)21(29)16-11-15(12-17(16)22(30)31)34-19-13-18(24(2,3)4)25-23(26-19)32-5/h9-10,13-17H,6-8,11-12H2,1-5H3,(H,30,31). The zero-order valence-electron chi connectivity index (χ0n) is 20.3. The molecule has 1 amide bonds. The van der Waals surface area contributed by atoms with Crippen molar-refractivity contribution in [2.24, 2.45) is 11.8 Å². The molecule has 34 heavy (non-hydrogen) atoms. The van der Waals surface area contributed by atoms with Gasteiger partial charge in [-0.2, -0.15) is 9.97 Å². The monoisotopic (exact) mass is 475 g/mol. The van der Waals surface area contributed by atoms with Gasteiger partial charge in [0.1, 0.15) is 6.10 Å². The van der Waals surface area contributed by atoms with Gasteiger partial charge in [-0.15, -0.1) is 0 Å². The zero-order valence-corrected chi connectivity index (χ0v) is 20.3. The highest BCUT2D eigenvalue weighted by Gasteiger charge is 2.47. The minimum atomic E-state index is -1.05. The van der Waals surface area contributed by atoms with Gasteiger partial charge in [-0.05, 0) is 32.6 Å². The quantitative estimate of drug-likeness (QED) is 0.423. The van der Waals surface area contributed by atoms with Crippen molar-refractivity contribution in [1.29, 1.82) is 0 Å². The van der Waals surface area contributed by atoms with Crippen LogP contribution in [0.4, 0.5) is 0 Å². The normalized spacial score (nSPS) is 22.4. The SMILES string of the molecule is CCOC(=O)C=CN(C(=O)C1CC(Oc2cc(C(C)(C)C)nc(OC)n2)CC1C(=O)O)C1CC1. The third-order valence-corrected chi connectivity index (χ3v) is 5.93. The summed E-state index contributed by atoms with van der Waals surface area (Å²) in [6.45, 7) is 7.93. The van der Waals surface area contributed by atoms with Crippen molar-refractivity contribution in [1.82, 2.24) is 14.9 Å². The Hall–Kier alpha value is -3.17. The van der Waals surface area contributed by atoms with E-state index in [1.165, 1.54) is 24.3 Å². The molecule has 2 fully saturated rings. The summed E-state index contributed by atoms with van der Waals surface area (Å²) < 4.78 is 16.1. The van der Waals surface area contributed by atoms with Gasteiger partial charge in [-0.25, -0.2) is 4.79 Å². The van der Waals surface area contributed by atoms with Crippen molar-refractivity contribution >= 4 is 17.8 Å². The lowest BCUT2D eigenvalue weighted by molar-refractivity contribution is -0.148. The molecule has 0 aromatic carbocycles. The zero-order chi connectivity index (χ0) is 25.0. The largest absolute Gasteiger partial charge is 0.481 e. The Balaban J connectivity index is 1.78. The van der Waals surface area contributed by atoms with Crippen LogP contribution in [-0.4, -0.2) is 63.7 Å². The van der Waals surface area contributed by atoms with Crippen LogP contribution in [0.25, 0.3) is 0 Å². The van der Waals surface area contributed by atoms with E-state index in [1.54, 1.807) is 13.0 Å². The summed E-state index contributed by atoms with van der Waals surface area (Å²) >= 11 is 0. The highest BCUT2D eigenvalue weighted by atomic mass is 16.5. The fourth-order valence-electron chi connectivity index (χ4n) is 3.99. The highest BCUT2D eigenvalue weighted by Crippen LogP contribution is 2.39. The average molecular weight is 476 g/mol. The number of amides is 1. The second-order valence-corrected chi connectivity index (χ2v) is 9.64. The molecule has 0 radical (unpaired) electrons. The number of esters is 1. The second-order valence-electron chi connectivity index (χ2n) is 9.64. The number of aromatic nitrogens is 2. The van der Waals surface area contributed by atoms with E-state index in [0.717, 1.165) is 18.5 Å². The summed E-state index contributed by atoms with van der Waals surface area (Å²) in [6, 6.07) is 1.84. The highest BCUT2D eigenvalue weighted by molar-refractivity contribution is 5.88. The molecular formula is C24H33N3O7. The second kappa shape index (κ2) is 10.4. The molecule has 2 saturated carbocycles. The van der Waals surface area contributed by atoms with Gasteiger partial charge in [0.25, 0.3) is 0 Å². The maximum absolute atomic E-state index is 13.4. The van der Waals surface area contributed by atoms with Gasteiger partial charge in [0.15, 0.2) is 0 Å². The summed E-state index contributed by atoms with van der Waals surface area (Å²) in [5.74, 6) is -3.32. The van der Waals surface area contributed by atoms with Crippen LogP contribution in [0, 0.1) is 11.8 Å². The molecule has 0 saturated heterocycles. The van der Waals surface area contributed by atoms with Gasteiger partial charge in [0.05, 0.1) is 31.2 Å². The van der Waals surface area contributed by atoms with E-state index in [-0.39, 0.29) is 48.7 Å². The molecule has 10 nitrogen and oxygen atoms in total.